The first-order valence-electron chi connectivity index (χ1n) is 10.8. The highest BCUT2D eigenvalue weighted by Gasteiger charge is 2.42. The molecule has 3 atom stereocenters. The standard InChI is InChI=1S/C23H27N5O2/c1-15(2)8-9-19-17-11-16(18-5-3-7-22(29)27(18)19)13-26(14-17)23(30)20-12-24-21-6-4-10-25-28(20)21/h3-7,10,12,15-17,19H,8-9,11,13-14H2,1-2H3/t16-,17+,19+/m1/s1. The molecule has 7 heteroatoms. The maximum Gasteiger partial charge on any atom is 0.274 e. The topological polar surface area (TPSA) is 72.5 Å². The van der Waals surface area contributed by atoms with Crippen molar-refractivity contribution in [3.63, 3.8) is 0 Å². The van der Waals surface area contributed by atoms with Crippen LogP contribution >= 0.6 is 0 Å². The third kappa shape index (κ3) is 3.13. The van der Waals surface area contributed by atoms with E-state index in [9.17, 15) is 9.59 Å². The van der Waals surface area contributed by atoms with E-state index in [1.807, 2.05) is 27.7 Å². The fraction of sp³-hybridized carbons (Fsp3) is 0.478. The van der Waals surface area contributed by atoms with Gasteiger partial charge in [0.1, 0.15) is 0 Å². The van der Waals surface area contributed by atoms with E-state index in [1.54, 1.807) is 23.0 Å². The summed E-state index contributed by atoms with van der Waals surface area (Å²) in [6, 6.07) is 9.38. The minimum Gasteiger partial charge on any atom is -0.336 e. The molecule has 2 aliphatic heterocycles. The molecule has 5 heterocycles. The van der Waals surface area contributed by atoms with Crippen LogP contribution in [0.4, 0.5) is 0 Å². The van der Waals surface area contributed by atoms with Gasteiger partial charge in [-0.2, -0.15) is 5.10 Å². The fourth-order valence-electron chi connectivity index (χ4n) is 5.22. The molecule has 0 saturated carbocycles. The molecule has 156 valence electrons. The molecule has 1 saturated heterocycles. The van der Waals surface area contributed by atoms with Gasteiger partial charge >= 0.3 is 0 Å². The Kier molecular flexibility index (Phi) is 4.68. The molecule has 2 aliphatic rings. The summed E-state index contributed by atoms with van der Waals surface area (Å²) in [5, 5.41) is 4.30. The average molecular weight is 406 g/mol. The van der Waals surface area contributed by atoms with Crippen LogP contribution in [0.25, 0.3) is 5.65 Å². The molecular formula is C23H27N5O2. The number of imidazole rings is 1. The first-order valence-corrected chi connectivity index (χ1v) is 10.8. The average Bonchev–Trinajstić information content (AvgIpc) is 3.17. The lowest BCUT2D eigenvalue weighted by molar-refractivity contribution is 0.0506. The Labute approximate surface area is 175 Å². The first kappa shape index (κ1) is 19.0. The van der Waals surface area contributed by atoms with Crippen LogP contribution in [0.1, 0.15) is 61.3 Å². The Balaban J connectivity index is 1.49. The van der Waals surface area contributed by atoms with Gasteiger partial charge in [-0.25, -0.2) is 9.50 Å². The summed E-state index contributed by atoms with van der Waals surface area (Å²) in [6.45, 7) is 5.72. The highest BCUT2D eigenvalue weighted by atomic mass is 16.2. The smallest absolute Gasteiger partial charge is 0.274 e. The van der Waals surface area contributed by atoms with E-state index in [2.05, 4.69) is 30.0 Å². The fourth-order valence-corrected chi connectivity index (χ4v) is 5.22. The lowest BCUT2D eigenvalue weighted by Gasteiger charge is -2.47. The summed E-state index contributed by atoms with van der Waals surface area (Å²) < 4.78 is 3.64. The number of fused-ring (bicyclic) bond motifs is 5. The molecule has 0 N–H and O–H groups in total. The summed E-state index contributed by atoms with van der Waals surface area (Å²) in [5.74, 6) is 1.01. The van der Waals surface area contributed by atoms with Crippen LogP contribution < -0.4 is 5.56 Å². The van der Waals surface area contributed by atoms with E-state index >= 15 is 0 Å². The van der Waals surface area contributed by atoms with Crippen molar-refractivity contribution in [2.75, 3.05) is 13.1 Å². The number of hydrogen-bond donors (Lipinski definition) is 0. The SMILES string of the molecule is CC(C)CC[C@H]1[C@H]2C[C@H](CN(C(=O)c3cnc4cccnn34)C2)c2cccc(=O)n21. The van der Waals surface area contributed by atoms with E-state index in [-0.39, 0.29) is 29.3 Å². The molecule has 7 nitrogen and oxygen atoms in total. The number of piperidine rings is 1. The van der Waals surface area contributed by atoms with Crippen LogP contribution in [0.2, 0.25) is 0 Å². The van der Waals surface area contributed by atoms with Crippen molar-refractivity contribution in [3.8, 4) is 0 Å². The Morgan fingerprint density at radius 2 is 2.07 bits per heavy atom. The second-order valence-electron chi connectivity index (χ2n) is 9.04. The van der Waals surface area contributed by atoms with Gasteiger partial charge in [-0.3, -0.25) is 9.59 Å². The zero-order chi connectivity index (χ0) is 20.8. The summed E-state index contributed by atoms with van der Waals surface area (Å²) in [6.07, 6.45) is 6.34. The van der Waals surface area contributed by atoms with Crippen molar-refractivity contribution in [1.82, 2.24) is 24.1 Å². The van der Waals surface area contributed by atoms with E-state index in [1.165, 1.54) is 0 Å². The Morgan fingerprint density at radius 1 is 1.20 bits per heavy atom. The van der Waals surface area contributed by atoms with Crippen molar-refractivity contribution in [3.05, 3.63) is 64.5 Å². The first-order chi connectivity index (χ1) is 14.5. The minimum atomic E-state index is -0.0368. The summed E-state index contributed by atoms with van der Waals surface area (Å²) in [7, 11) is 0. The third-order valence-corrected chi connectivity index (χ3v) is 6.62. The Bertz CT molecular complexity index is 1150. The lowest BCUT2D eigenvalue weighted by Crippen LogP contribution is -2.51. The van der Waals surface area contributed by atoms with Gasteiger partial charge in [0.2, 0.25) is 0 Å². The molecule has 3 aromatic heterocycles. The van der Waals surface area contributed by atoms with Gasteiger partial charge in [0.15, 0.2) is 11.3 Å². The molecular weight excluding hydrogens is 378 g/mol. The van der Waals surface area contributed by atoms with E-state index in [0.29, 0.717) is 30.3 Å². The van der Waals surface area contributed by atoms with E-state index in [0.717, 1.165) is 25.0 Å². The molecule has 1 amide bonds. The van der Waals surface area contributed by atoms with Crippen LogP contribution in [0, 0.1) is 11.8 Å². The lowest BCUT2D eigenvalue weighted by atomic mass is 9.76. The number of nitrogens with zero attached hydrogens (tertiary/aromatic N) is 5. The van der Waals surface area contributed by atoms with E-state index < -0.39 is 0 Å². The van der Waals surface area contributed by atoms with Crippen LogP contribution in [-0.4, -0.2) is 43.1 Å². The van der Waals surface area contributed by atoms with Gasteiger partial charge < -0.3 is 9.47 Å². The predicted molar refractivity (Wildman–Crippen MR) is 114 cm³/mol. The molecule has 0 spiro atoms. The molecule has 0 aromatic carbocycles. The van der Waals surface area contributed by atoms with Crippen molar-refractivity contribution in [2.45, 2.75) is 45.1 Å². The quantitative estimate of drug-likeness (QED) is 0.669. The highest BCUT2D eigenvalue weighted by molar-refractivity contribution is 5.93. The van der Waals surface area contributed by atoms with Crippen molar-refractivity contribution >= 4 is 11.6 Å². The van der Waals surface area contributed by atoms with Gasteiger partial charge in [0, 0.05) is 43.0 Å². The molecule has 0 unspecified atom stereocenters. The van der Waals surface area contributed by atoms with Gasteiger partial charge in [0.05, 0.1) is 6.20 Å². The van der Waals surface area contributed by atoms with Gasteiger partial charge in [-0.1, -0.05) is 19.9 Å². The Hall–Kier alpha value is -2.96. The maximum absolute atomic E-state index is 13.4. The van der Waals surface area contributed by atoms with Crippen LogP contribution in [0.3, 0.4) is 0 Å². The van der Waals surface area contributed by atoms with Gasteiger partial charge in [-0.05, 0) is 49.3 Å². The maximum atomic E-state index is 13.4. The molecule has 0 radical (unpaired) electrons. The van der Waals surface area contributed by atoms with Gasteiger partial charge in [-0.15, -0.1) is 0 Å². The third-order valence-electron chi connectivity index (χ3n) is 6.62. The number of aromatic nitrogens is 4. The second-order valence-corrected chi connectivity index (χ2v) is 9.04. The number of carbonyl (C=O) groups excluding carboxylic acids is 1. The Morgan fingerprint density at radius 3 is 2.90 bits per heavy atom. The number of hydrogen-bond acceptors (Lipinski definition) is 4. The summed E-state index contributed by atoms with van der Waals surface area (Å²) >= 11 is 0. The normalized spacial score (nSPS) is 23.0. The largest absolute Gasteiger partial charge is 0.336 e. The van der Waals surface area contributed by atoms with Crippen LogP contribution in [-0.2, 0) is 0 Å². The molecule has 30 heavy (non-hydrogen) atoms. The van der Waals surface area contributed by atoms with Crippen LogP contribution in [0.5, 0.6) is 0 Å². The highest BCUT2D eigenvalue weighted by Crippen LogP contribution is 2.43. The van der Waals surface area contributed by atoms with Crippen molar-refractivity contribution in [1.29, 1.82) is 0 Å². The molecule has 5 rings (SSSR count). The summed E-state index contributed by atoms with van der Waals surface area (Å²) in [5.41, 5.74) is 2.32. The number of pyridine rings is 1. The number of carbonyl (C=O) groups is 1. The molecule has 2 bridgehead atoms. The van der Waals surface area contributed by atoms with Crippen molar-refractivity contribution in [2.24, 2.45) is 11.8 Å². The van der Waals surface area contributed by atoms with Crippen LogP contribution in [0.15, 0.2) is 47.5 Å². The zero-order valence-corrected chi connectivity index (χ0v) is 17.4. The van der Waals surface area contributed by atoms with Crippen molar-refractivity contribution < 1.29 is 4.79 Å². The monoisotopic (exact) mass is 405 g/mol. The predicted octanol–water partition coefficient (Wildman–Crippen LogP) is 3.13. The summed E-state index contributed by atoms with van der Waals surface area (Å²) in [4.78, 5) is 32.4. The number of rotatable bonds is 4. The number of likely N-dealkylation sites (tertiary alicyclic amines) is 1. The molecule has 3 aromatic rings. The second kappa shape index (κ2) is 7.38. The minimum absolute atomic E-state index is 0.0368. The molecule has 0 aliphatic carbocycles. The zero-order valence-electron chi connectivity index (χ0n) is 17.4. The van der Waals surface area contributed by atoms with E-state index in [4.69, 9.17) is 0 Å². The van der Waals surface area contributed by atoms with Gasteiger partial charge in [0.25, 0.3) is 11.5 Å². The number of amides is 1. The molecule has 1 fully saturated rings.